The molecule has 29 heavy (non-hydrogen) atoms. The third-order valence-corrected chi connectivity index (χ3v) is 6.42. The Bertz CT molecular complexity index is 775. The Hall–Kier alpha value is -1.90. The lowest BCUT2D eigenvalue weighted by Crippen LogP contribution is -2.06. The zero-order valence-electron chi connectivity index (χ0n) is 17.9. The van der Waals surface area contributed by atoms with Gasteiger partial charge in [0.1, 0.15) is 0 Å². The summed E-state index contributed by atoms with van der Waals surface area (Å²) >= 11 is 0. The summed E-state index contributed by atoms with van der Waals surface area (Å²) in [5.74, 6) is -0.333. The summed E-state index contributed by atoms with van der Waals surface area (Å²) in [6.45, 7) is 2.28. The highest BCUT2D eigenvalue weighted by Gasteiger charge is 2.20. The molecule has 1 nitrogen and oxygen atoms in total. The lowest BCUT2D eigenvalue weighted by atomic mass is 9.84. The molecule has 158 valence electrons. The van der Waals surface area contributed by atoms with Gasteiger partial charge in [-0.15, -0.1) is 0 Å². The van der Waals surface area contributed by atoms with Crippen LogP contribution in [0.2, 0.25) is 0 Å². The smallest absolute Gasteiger partial charge is 0.201 e. The molecule has 2 aliphatic rings. The molecule has 0 spiro atoms. The van der Waals surface area contributed by atoms with Gasteiger partial charge in [-0.2, -0.15) is 4.39 Å². The van der Waals surface area contributed by atoms with Crippen molar-refractivity contribution in [1.29, 1.82) is 0 Å². The van der Waals surface area contributed by atoms with Crippen LogP contribution in [-0.2, 0) is 0 Å². The summed E-state index contributed by atoms with van der Waals surface area (Å²) in [7, 11) is 1.35. The van der Waals surface area contributed by atoms with Gasteiger partial charge in [0.15, 0.2) is 11.6 Å². The Labute approximate surface area is 174 Å². The van der Waals surface area contributed by atoms with Crippen LogP contribution in [0.3, 0.4) is 0 Å². The van der Waals surface area contributed by atoms with Crippen LogP contribution in [0.5, 0.6) is 5.75 Å². The van der Waals surface area contributed by atoms with Gasteiger partial charge in [-0.3, -0.25) is 0 Å². The maximum Gasteiger partial charge on any atom is 0.201 e. The van der Waals surface area contributed by atoms with Crippen molar-refractivity contribution in [3.8, 4) is 5.75 Å². The molecule has 0 fully saturated rings. The molecular weight excluding hydrogens is 366 g/mol. The number of rotatable bonds is 8. The largest absolute Gasteiger partial charge is 0.494 e. The SMILES string of the molecule is CCCC1CC=C(CC/C=C/C2CC=C(c3ccc(OC)c(F)c3F)CC2)CC1. The lowest BCUT2D eigenvalue weighted by molar-refractivity contribution is 0.371. The predicted molar refractivity (Wildman–Crippen MR) is 117 cm³/mol. The second kappa shape index (κ2) is 10.8. The van der Waals surface area contributed by atoms with Crippen LogP contribution in [0, 0.1) is 23.5 Å². The van der Waals surface area contributed by atoms with Crippen LogP contribution in [0.1, 0.15) is 76.7 Å². The van der Waals surface area contributed by atoms with Crippen molar-refractivity contribution in [2.24, 2.45) is 11.8 Å². The number of ether oxygens (including phenoxy) is 1. The Kier molecular flexibility index (Phi) is 8.09. The highest BCUT2D eigenvalue weighted by Crippen LogP contribution is 2.35. The van der Waals surface area contributed by atoms with E-state index in [-0.39, 0.29) is 5.75 Å². The Morgan fingerprint density at radius 3 is 2.59 bits per heavy atom. The standard InChI is InChI=1S/C26H34F2O/c1-3-6-19-9-11-20(12-10-19)7-4-5-8-21-13-15-22(16-14-21)23-17-18-24(29-2)26(28)25(23)27/h5,8,11,15,17-19,21H,3-4,6-7,9-10,12-14,16H2,1-2H3/b8-5+. The minimum Gasteiger partial charge on any atom is -0.494 e. The zero-order chi connectivity index (χ0) is 20.6. The second-order valence-electron chi connectivity index (χ2n) is 8.47. The van der Waals surface area contributed by atoms with E-state index < -0.39 is 11.6 Å². The van der Waals surface area contributed by atoms with E-state index in [1.807, 2.05) is 0 Å². The molecular formula is C26H34F2O. The quantitative estimate of drug-likeness (QED) is 0.401. The van der Waals surface area contributed by atoms with Crippen molar-refractivity contribution >= 4 is 5.57 Å². The van der Waals surface area contributed by atoms with Crippen LogP contribution >= 0.6 is 0 Å². The van der Waals surface area contributed by atoms with Gasteiger partial charge in [0.05, 0.1) is 7.11 Å². The number of allylic oxidation sites excluding steroid dienone is 6. The molecule has 1 aromatic rings. The van der Waals surface area contributed by atoms with Crippen LogP contribution in [0.15, 0.2) is 42.0 Å². The fourth-order valence-electron chi connectivity index (χ4n) is 4.61. The van der Waals surface area contributed by atoms with Gasteiger partial charge in [0.25, 0.3) is 0 Å². The number of hydrogen-bond acceptors (Lipinski definition) is 1. The molecule has 0 aromatic heterocycles. The van der Waals surface area contributed by atoms with Crippen LogP contribution in [0.4, 0.5) is 8.78 Å². The Morgan fingerprint density at radius 1 is 1.07 bits per heavy atom. The van der Waals surface area contributed by atoms with Crippen molar-refractivity contribution in [3.05, 3.63) is 59.2 Å². The van der Waals surface area contributed by atoms with Gasteiger partial charge < -0.3 is 4.74 Å². The third kappa shape index (κ3) is 5.81. The molecule has 0 heterocycles. The fraction of sp³-hybridized carbons (Fsp3) is 0.538. The minimum absolute atomic E-state index is 0.0440. The molecule has 0 amide bonds. The average Bonchev–Trinajstić information content (AvgIpc) is 2.75. The van der Waals surface area contributed by atoms with E-state index in [9.17, 15) is 8.78 Å². The summed E-state index contributed by atoms with van der Waals surface area (Å²) < 4.78 is 33.1. The first-order chi connectivity index (χ1) is 14.1. The maximum atomic E-state index is 14.3. The van der Waals surface area contributed by atoms with Crippen molar-refractivity contribution in [1.82, 2.24) is 0 Å². The average molecular weight is 401 g/mol. The fourth-order valence-corrected chi connectivity index (χ4v) is 4.61. The van der Waals surface area contributed by atoms with Crippen LogP contribution < -0.4 is 4.74 Å². The first-order valence-electron chi connectivity index (χ1n) is 11.2. The first-order valence-corrected chi connectivity index (χ1v) is 11.2. The van der Waals surface area contributed by atoms with Crippen molar-refractivity contribution in [2.45, 2.75) is 71.1 Å². The summed E-state index contributed by atoms with van der Waals surface area (Å²) in [5.41, 5.74) is 2.91. The summed E-state index contributed by atoms with van der Waals surface area (Å²) in [4.78, 5) is 0. The van der Waals surface area contributed by atoms with Gasteiger partial charge >= 0.3 is 0 Å². The monoisotopic (exact) mass is 400 g/mol. The van der Waals surface area contributed by atoms with Crippen molar-refractivity contribution < 1.29 is 13.5 Å². The minimum atomic E-state index is -0.897. The van der Waals surface area contributed by atoms with E-state index in [1.54, 1.807) is 11.6 Å². The predicted octanol–water partition coefficient (Wildman–Crippen LogP) is 8.02. The van der Waals surface area contributed by atoms with Gasteiger partial charge in [0, 0.05) is 5.56 Å². The summed E-state index contributed by atoms with van der Waals surface area (Å²) in [5, 5.41) is 0. The van der Waals surface area contributed by atoms with Crippen LogP contribution in [-0.4, -0.2) is 7.11 Å². The highest BCUT2D eigenvalue weighted by molar-refractivity contribution is 5.67. The van der Waals surface area contributed by atoms with Gasteiger partial charge in [-0.05, 0) is 80.9 Å². The second-order valence-corrected chi connectivity index (χ2v) is 8.47. The Morgan fingerprint density at radius 2 is 1.93 bits per heavy atom. The van der Waals surface area contributed by atoms with Gasteiger partial charge in [-0.25, -0.2) is 4.39 Å². The number of methoxy groups -OCH3 is 1. The molecule has 3 heteroatoms. The number of hydrogen-bond donors (Lipinski definition) is 0. The third-order valence-electron chi connectivity index (χ3n) is 6.42. The molecule has 0 N–H and O–H groups in total. The van der Waals surface area contributed by atoms with E-state index >= 15 is 0 Å². The van der Waals surface area contributed by atoms with E-state index in [4.69, 9.17) is 4.74 Å². The molecule has 1 aromatic carbocycles. The normalized spacial score (nSPS) is 22.5. The van der Waals surface area contributed by atoms with E-state index in [2.05, 4.69) is 31.2 Å². The molecule has 0 radical (unpaired) electrons. The number of benzene rings is 1. The van der Waals surface area contributed by atoms with Gasteiger partial charge in [-0.1, -0.05) is 49.6 Å². The van der Waals surface area contributed by atoms with Crippen LogP contribution in [0.25, 0.3) is 5.57 Å². The molecule has 2 atom stereocenters. The van der Waals surface area contributed by atoms with E-state index in [1.165, 1.54) is 51.7 Å². The number of halogens is 2. The maximum absolute atomic E-state index is 14.3. The molecule has 0 bridgehead atoms. The molecule has 2 aliphatic carbocycles. The van der Waals surface area contributed by atoms with Crippen molar-refractivity contribution in [2.75, 3.05) is 7.11 Å². The van der Waals surface area contributed by atoms with Gasteiger partial charge in [0.2, 0.25) is 5.82 Å². The molecule has 0 saturated heterocycles. The van der Waals surface area contributed by atoms with E-state index in [0.29, 0.717) is 11.5 Å². The van der Waals surface area contributed by atoms with Crippen molar-refractivity contribution in [3.63, 3.8) is 0 Å². The molecule has 3 rings (SSSR count). The molecule has 0 aliphatic heterocycles. The highest BCUT2D eigenvalue weighted by atomic mass is 19.2. The summed E-state index contributed by atoms with van der Waals surface area (Å²) in [6.07, 6.45) is 20.7. The molecule has 2 unspecified atom stereocenters. The first kappa shape index (κ1) is 21.8. The topological polar surface area (TPSA) is 9.23 Å². The zero-order valence-corrected chi connectivity index (χ0v) is 17.9. The van der Waals surface area contributed by atoms with E-state index in [0.717, 1.165) is 37.2 Å². The summed E-state index contributed by atoms with van der Waals surface area (Å²) in [6, 6.07) is 3.13. The Balaban J connectivity index is 1.47. The molecule has 0 saturated carbocycles. The lowest BCUT2D eigenvalue weighted by Gasteiger charge is -2.21.